The molecule has 0 bridgehead atoms. The third kappa shape index (κ3) is 6.08. The molecule has 0 aromatic heterocycles. The van der Waals surface area contributed by atoms with Crippen molar-refractivity contribution in [1.82, 2.24) is 5.32 Å². The summed E-state index contributed by atoms with van der Waals surface area (Å²) in [7, 11) is 1.64. The van der Waals surface area contributed by atoms with Gasteiger partial charge in [-0.25, -0.2) is 0 Å². The van der Waals surface area contributed by atoms with Crippen molar-refractivity contribution in [2.45, 2.75) is 33.7 Å². The van der Waals surface area contributed by atoms with Crippen molar-refractivity contribution >= 4 is 5.97 Å². The molecule has 0 amide bonds. The number of hydrogen-bond donors (Lipinski definition) is 1. The largest absolute Gasteiger partial charge is 0.465 e. The maximum atomic E-state index is 11.7. The van der Waals surface area contributed by atoms with Crippen molar-refractivity contribution in [2.24, 2.45) is 11.8 Å². The summed E-state index contributed by atoms with van der Waals surface area (Å²) in [6.45, 7) is 9.79. The highest BCUT2D eigenvalue weighted by Gasteiger charge is 2.25. The van der Waals surface area contributed by atoms with Gasteiger partial charge in [-0.3, -0.25) is 4.79 Å². The molecule has 16 heavy (non-hydrogen) atoms. The standard InChI is InChI=1S/C12H25NO3/c1-6-16-12(14)11(10(4)8-15-5)13-7-9(2)3/h9-11,13H,6-8H2,1-5H3. The molecule has 0 aromatic rings. The number of carbonyl (C=O) groups is 1. The molecule has 4 nitrogen and oxygen atoms in total. The highest BCUT2D eigenvalue weighted by atomic mass is 16.5. The maximum Gasteiger partial charge on any atom is 0.323 e. The molecule has 0 aromatic carbocycles. The number of methoxy groups -OCH3 is 1. The van der Waals surface area contributed by atoms with Crippen molar-refractivity contribution in [3.8, 4) is 0 Å². The van der Waals surface area contributed by atoms with Crippen molar-refractivity contribution < 1.29 is 14.3 Å². The SMILES string of the molecule is CCOC(=O)C(NCC(C)C)C(C)COC. The average Bonchev–Trinajstić information content (AvgIpc) is 2.18. The minimum atomic E-state index is -0.276. The Bertz CT molecular complexity index is 195. The van der Waals surface area contributed by atoms with Gasteiger partial charge in [-0.15, -0.1) is 0 Å². The lowest BCUT2D eigenvalue weighted by molar-refractivity contribution is -0.147. The quantitative estimate of drug-likeness (QED) is 0.642. The zero-order valence-corrected chi connectivity index (χ0v) is 11.1. The number of esters is 1. The van der Waals surface area contributed by atoms with Gasteiger partial charge in [-0.2, -0.15) is 0 Å². The van der Waals surface area contributed by atoms with Crippen molar-refractivity contribution in [3.05, 3.63) is 0 Å². The zero-order chi connectivity index (χ0) is 12.6. The van der Waals surface area contributed by atoms with Crippen LogP contribution in [0.3, 0.4) is 0 Å². The Kier molecular flexibility index (Phi) is 8.21. The molecule has 0 aliphatic carbocycles. The molecule has 0 rings (SSSR count). The predicted molar refractivity (Wildman–Crippen MR) is 64.3 cm³/mol. The number of nitrogens with one attached hydrogen (secondary N) is 1. The number of rotatable bonds is 8. The van der Waals surface area contributed by atoms with Crippen LogP contribution < -0.4 is 5.32 Å². The van der Waals surface area contributed by atoms with Crippen LogP contribution in [0.5, 0.6) is 0 Å². The van der Waals surface area contributed by atoms with Gasteiger partial charge in [-0.1, -0.05) is 20.8 Å². The van der Waals surface area contributed by atoms with Crippen LogP contribution in [0.2, 0.25) is 0 Å². The Balaban J connectivity index is 4.30. The summed E-state index contributed by atoms with van der Waals surface area (Å²) < 4.78 is 10.1. The molecule has 0 heterocycles. The van der Waals surface area contributed by atoms with E-state index in [0.717, 1.165) is 6.54 Å². The molecule has 96 valence electrons. The van der Waals surface area contributed by atoms with Crippen LogP contribution in [-0.2, 0) is 14.3 Å². The summed E-state index contributed by atoms with van der Waals surface area (Å²) in [4.78, 5) is 11.7. The summed E-state index contributed by atoms with van der Waals surface area (Å²) in [5, 5.41) is 3.23. The molecule has 0 saturated carbocycles. The first kappa shape index (κ1) is 15.4. The van der Waals surface area contributed by atoms with E-state index in [1.807, 2.05) is 13.8 Å². The van der Waals surface area contributed by atoms with Crippen LogP contribution in [0, 0.1) is 11.8 Å². The van der Waals surface area contributed by atoms with Crippen LogP contribution in [0.1, 0.15) is 27.7 Å². The molecule has 0 saturated heterocycles. The second kappa shape index (κ2) is 8.53. The predicted octanol–water partition coefficient (Wildman–Crippen LogP) is 1.45. The van der Waals surface area contributed by atoms with Crippen LogP contribution >= 0.6 is 0 Å². The summed E-state index contributed by atoms with van der Waals surface area (Å²) in [6, 6.07) is -0.276. The van der Waals surface area contributed by atoms with Gasteiger partial charge in [0.1, 0.15) is 6.04 Å². The third-order valence-electron chi connectivity index (χ3n) is 2.29. The Labute approximate surface area is 98.7 Å². The highest BCUT2D eigenvalue weighted by Crippen LogP contribution is 2.06. The van der Waals surface area contributed by atoms with Crippen LogP contribution in [-0.4, -0.2) is 38.9 Å². The van der Waals surface area contributed by atoms with E-state index in [-0.39, 0.29) is 17.9 Å². The average molecular weight is 231 g/mol. The third-order valence-corrected chi connectivity index (χ3v) is 2.29. The molecule has 0 aliphatic heterocycles. The first-order valence-corrected chi connectivity index (χ1v) is 5.91. The fourth-order valence-corrected chi connectivity index (χ4v) is 1.47. The monoisotopic (exact) mass is 231 g/mol. The van der Waals surface area contributed by atoms with E-state index in [9.17, 15) is 4.79 Å². The molecular weight excluding hydrogens is 206 g/mol. The molecule has 0 fully saturated rings. The molecule has 2 atom stereocenters. The van der Waals surface area contributed by atoms with E-state index in [0.29, 0.717) is 19.1 Å². The highest BCUT2D eigenvalue weighted by molar-refractivity contribution is 5.76. The first-order chi connectivity index (χ1) is 7.52. The summed E-state index contributed by atoms with van der Waals surface area (Å²) in [6.07, 6.45) is 0. The topological polar surface area (TPSA) is 47.6 Å². The fourth-order valence-electron chi connectivity index (χ4n) is 1.47. The Hall–Kier alpha value is -0.610. The summed E-state index contributed by atoms with van der Waals surface area (Å²) in [5.74, 6) is 0.433. The normalized spacial score (nSPS) is 14.9. The molecule has 2 unspecified atom stereocenters. The lowest BCUT2D eigenvalue weighted by atomic mass is 10.0. The van der Waals surface area contributed by atoms with Crippen molar-refractivity contribution in [2.75, 3.05) is 26.9 Å². The Morgan fingerprint density at radius 2 is 1.94 bits per heavy atom. The first-order valence-electron chi connectivity index (χ1n) is 5.91. The molecule has 0 radical (unpaired) electrons. The second-order valence-corrected chi connectivity index (χ2v) is 4.46. The van der Waals surface area contributed by atoms with Crippen molar-refractivity contribution in [1.29, 1.82) is 0 Å². The second-order valence-electron chi connectivity index (χ2n) is 4.46. The Morgan fingerprint density at radius 3 is 2.38 bits per heavy atom. The molecule has 4 heteroatoms. The van der Waals surface area contributed by atoms with Gasteiger partial charge in [0.25, 0.3) is 0 Å². The molecule has 0 spiro atoms. The van der Waals surface area contributed by atoms with E-state index in [1.54, 1.807) is 7.11 Å². The molecule has 0 aliphatic rings. The van der Waals surface area contributed by atoms with Crippen LogP contribution in [0.15, 0.2) is 0 Å². The van der Waals surface area contributed by atoms with Gasteiger partial charge in [0.15, 0.2) is 0 Å². The molecule has 1 N–H and O–H groups in total. The maximum absolute atomic E-state index is 11.7. The van der Waals surface area contributed by atoms with Crippen molar-refractivity contribution in [3.63, 3.8) is 0 Å². The van der Waals surface area contributed by atoms with Crippen LogP contribution in [0.25, 0.3) is 0 Å². The number of carbonyl (C=O) groups excluding carboxylic acids is 1. The van der Waals surface area contributed by atoms with Gasteiger partial charge < -0.3 is 14.8 Å². The van der Waals surface area contributed by atoms with E-state index in [2.05, 4.69) is 19.2 Å². The smallest absolute Gasteiger partial charge is 0.323 e. The number of ether oxygens (including phenoxy) is 2. The van der Waals surface area contributed by atoms with Gasteiger partial charge in [0.2, 0.25) is 0 Å². The van der Waals surface area contributed by atoms with Gasteiger partial charge in [0.05, 0.1) is 13.2 Å². The fraction of sp³-hybridized carbons (Fsp3) is 0.917. The van der Waals surface area contributed by atoms with Gasteiger partial charge in [0, 0.05) is 13.0 Å². The van der Waals surface area contributed by atoms with E-state index < -0.39 is 0 Å². The summed E-state index contributed by atoms with van der Waals surface area (Å²) in [5.41, 5.74) is 0. The minimum absolute atomic E-state index is 0.114. The van der Waals surface area contributed by atoms with Crippen LogP contribution in [0.4, 0.5) is 0 Å². The summed E-state index contributed by atoms with van der Waals surface area (Å²) >= 11 is 0. The van der Waals surface area contributed by atoms with E-state index >= 15 is 0 Å². The minimum Gasteiger partial charge on any atom is -0.465 e. The Morgan fingerprint density at radius 1 is 1.31 bits per heavy atom. The zero-order valence-electron chi connectivity index (χ0n) is 11.1. The molecular formula is C12H25NO3. The van der Waals surface area contributed by atoms with Gasteiger partial charge in [-0.05, 0) is 19.4 Å². The van der Waals surface area contributed by atoms with Gasteiger partial charge >= 0.3 is 5.97 Å². The van der Waals surface area contributed by atoms with E-state index in [4.69, 9.17) is 9.47 Å². The lowest BCUT2D eigenvalue weighted by Gasteiger charge is -2.23. The van der Waals surface area contributed by atoms with E-state index in [1.165, 1.54) is 0 Å². The number of hydrogen-bond acceptors (Lipinski definition) is 4. The lowest BCUT2D eigenvalue weighted by Crippen LogP contribution is -2.45.